The van der Waals surface area contributed by atoms with Crippen LogP contribution in [-0.2, 0) is 4.79 Å². The summed E-state index contributed by atoms with van der Waals surface area (Å²) >= 11 is 6.23. The van der Waals surface area contributed by atoms with Gasteiger partial charge in [-0.25, -0.2) is 13.9 Å². The van der Waals surface area contributed by atoms with Gasteiger partial charge in [-0.2, -0.15) is 10.1 Å². The van der Waals surface area contributed by atoms with Crippen LogP contribution in [0.4, 0.5) is 16.0 Å². The Morgan fingerprint density at radius 1 is 0.976 bits per heavy atom. The van der Waals surface area contributed by atoms with Crippen molar-refractivity contribution in [2.75, 3.05) is 32.0 Å². The number of fused-ring (bicyclic) bond motifs is 1. The zero-order chi connectivity index (χ0) is 30.0. The number of hydrogen-bond acceptors (Lipinski definition) is 9. The summed E-state index contributed by atoms with van der Waals surface area (Å²) in [6, 6.07) is 12.6. The third kappa shape index (κ3) is 5.31. The van der Waals surface area contributed by atoms with Gasteiger partial charge in [0, 0.05) is 17.8 Å². The number of nitrogens with zero attached hydrogens (tertiary/aromatic N) is 3. The maximum atomic E-state index is 14.1. The number of rotatable bonds is 8. The minimum Gasteiger partial charge on any atom is -0.495 e. The average Bonchev–Trinajstić information content (AvgIpc) is 3.45. The van der Waals surface area contributed by atoms with Crippen LogP contribution < -0.4 is 29.6 Å². The zero-order valence-electron chi connectivity index (χ0n) is 22.9. The minimum atomic E-state index is -0.886. The zero-order valence-corrected chi connectivity index (χ0v) is 23.7. The number of nitrogens with one attached hydrogen (secondary N) is 2. The highest BCUT2D eigenvalue weighted by Crippen LogP contribution is 2.41. The van der Waals surface area contributed by atoms with Gasteiger partial charge in [0.2, 0.25) is 5.95 Å². The van der Waals surface area contributed by atoms with Crippen molar-refractivity contribution >= 4 is 35.1 Å². The van der Waals surface area contributed by atoms with Gasteiger partial charge in [0.25, 0.3) is 5.91 Å². The number of halogens is 2. The van der Waals surface area contributed by atoms with Crippen molar-refractivity contribution in [3.05, 3.63) is 94.2 Å². The van der Waals surface area contributed by atoms with E-state index in [1.54, 1.807) is 29.8 Å². The molecular formula is C29H25ClFN5O6. The largest absolute Gasteiger partial charge is 0.495 e. The van der Waals surface area contributed by atoms with E-state index in [-0.39, 0.29) is 17.1 Å². The summed E-state index contributed by atoms with van der Waals surface area (Å²) in [5, 5.41) is 10.6. The van der Waals surface area contributed by atoms with Gasteiger partial charge in [-0.05, 0) is 36.8 Å². The van der Waals surface area contributed by atoms with Crippen molar-refractivity contribution < 1.29 is 32.9 Å². The number of carbonyl (C=O) groups excluding carboxylic acids is 2. The maximum Gasteiger partial charge on any atom is 0.346 e. The highest BCUT2D eigenvalue weighted by atomic mass is 35.5. The first kappa shape index (κ1) is 28.4. The Morgan fingerprint density at radius 2 is 1.71 bits per heavy atom. The summed E-state index contributed by atoms with van der Waals surface area (Å²) in [6.45, 7) is 1.74. The molecule has 3 aromatic carbocycles. The molecule has 0 saturated carbocycles. The van der Waals surface area contributed by atoms with Crippen LogP contribution in [0.25, 0.3) is 0 Å². The van der Waals surface area contributed by atoms with Crippen molar-refractivity contribution in [1.29, 1.82) is 0 Å². The molecule has 5 rings (SSSR count). The molecule has 4 aromatic rings. The minimum absolute atomic E-state index is 0.0620. The van der Waals surface area contributed by atoms with E-state index in [9.17, 15) is 14.0 Å². The Morgan fingerprint density at radius 3 is 2.43 bits per heavy atom. The molecule has 42 heavy (non-hydrogen) atoms. The van der Waals surface area contributed by atoms with E-state index in [0.29, 0.717) is 45.0 Å². The van der Waals surface area contributed by atoms with Gasteiger partial charge in [0.05, 0.1) is 43.2 Å². The highest BCUT2D eigenvalue weighted by Gasteiger charge is 2.34. The van der Waals surface area contributed by atoms with E-state index < -0.39 is 23.7 Å². The topological polar surface area (TPSA) is 126 Å². The molecule has 0 bridgehead atoms. The third-order valence-corrected chi connectivity index (χ3v) is 6.86. The molecule has 2 N–H and O–H groups in total. The molecule has 1 aliphatic heterocycles. The number of ether oxygens (including phenoxy) is 4. The SMILES string of the molecule is COc1cc(NC(=O)C2=C(C)Nc3ncnn3[C@H]2c2ccc(OC(=O)c3ccccc3F)c(OC)c2)c(OC)cc1Cl. The van der Waals surface area contributed by atoms with Gasteiger partial charge in [0.1, 0.15) is 29.7 Å². The number of allylic oxidation sites excluding steroid dienone is 1. The molecule has 216 valence electrons. The number of methoxy groups -OCH3 is 3. The van der Waals surface area contributed by atoms with Gasteiger partial charge in [-0.1, -0.05) is 29.8 Å². The van der Waals surface area contributed by atoms with Crippen molar-refractivity contribution in [1.82, 2.24) is 14.8 Å². The van der Waals surface area contributed by atoms with Crippen LogP contribution >= 0.6 is 11.6 Å². The van der Waals surface area contributed by atoms with E-state index in [2.05, 4.69) is 20.7 Å². The third-order valence-electron chi connectivity index (χ3n) is 6.56. The lowest BCUT2D eigenvalue weighted by atomic mass is 9.94. The molecular weight excluding hydrogens is 569 g/mol. The molecule has 1 amide bonds. The Balaban J connectivity index is 1.52. The van der Waals surface area contributed by atoms with E-state index in [0.717, 1.165) is 0 Å². The second kappa shape index (κ2) is 11.8. The van der Waals surface area contributed by atoms with Gasteiger partial charge in [0.15, 0.2) is 11.5 Å². The lowest BCUT2D eigenvalue weighted by molar-refractivity contribution is -0.113. The molecule has 0 aliphatic carbocycles. The number of carbonyl (C=O) groups is 2. The molecule has 0 radical (unpaired) electrons. The number of anilines is 2. The van der Waals surface area contributed by atoms with Crippen LogP contribution in [0.2, 0.25) is 5.02 Å². The molecule has 0 fully saturated rings. The summed E-state index contributed by atoms with van der Waals surface area (Å²) in [4.78, 5) is 30.8. The number of benzene rings is 3. The number of hydrogen-bond donors (Lipinski definition) is 2. The highest BCUT2D eigenvalue weighted by molar-refractivity contribution is 6.32. The Labute approximate surface area is 244 Å². The fourth-order valence-electron chi connectivity index (χ4n) is 4.56. The summed E-state index contributed by atoms with van der Waals surface area (Å²) in [6.07, 6.45) is 1.36. The molecule has 13 heteroatoms. The standard InChI is InChI=1S/C29H25ClFN5O6/c1-15-25(27(37)35-20-13-22(39-2)18(30)12-23(20)40-3)26(36-29(34-15)32-14-33-36)16-9-10-21(24(11-16)41-4)42-28(38)17-7-5-6-8-19(17)31/h5-14,26H,1-4H3,(H,35,37)(H,32,33,34)/t26-/m0/s1. The molecule has 1 aromatic heterocycles. The van der Waals surface area contributed by atoms with E-state index in [1.165, 1.54) is 64.1 Å². The summed E-state index contributed by atoms with van der Waals surface area (Å²) in [5.41, 5.74) is 1.51. The quantitative estimate of drug-likeness (QED) is 0.208. The molecule has 0 saturated heterocycles. The predicted molar refractivity (Wildman–Crippen MR) is 152 cm³/mol. The Kier molecular flexibility index (Phi) is 7.98. The van der Waals surface area contributed by atoms with Gasteiger partial charge < -0.3 is 29.6 Å². The maximum absolute atomic E-state index is 14.1. The van der Waals surface area contributed by atoms with E-state index in [1.807, 2.05) is 0 Å². The van der Waals surface area contributed by atoms with Crippen LogP contribution in [0.5, 0.6) is 23.0 Å². The lowest BCUT2D eigenvalue weighted by Gasteiger charge is -2.29. The van der Waals surface area contributed by atoms with E-state index >= 15 is 0 Å². The predicted octanol–water partition coefficient (Wildman–Crippen LogP) is 5.24. The van der Waals surface area contributed by atoms with Crippen molar-refractivity contribution in [2.24, 2.45) is 0 Å². The first-order chi connectivity index (χ1) is 20.2. The second-order valence-corrected chi connectivity index (χ2v) is 9.42. The van der Waals surface area contributed by atoms with Crippen LogP contribution in [0, 0.1) is 5.82 Å². The monoisotopic (exact) mass is 593 g/mol. The Bertz CT molecular complexity index is 1720. The summed E-state index contributed by atoms with van der Waals surface area (Å²) in [5.74, 6) is -0.736. The van der Waals surface area contributed by atoms with Crippen molar-refractivity contribution in [3.8, 4) is 23.0 Å². The number of amides is 1. The molecule has 11 nitrogen and oxygen atoms in total. The molecule has 1 atom stereocenters. The summed E-state index contributed by atoms with van der Waals surface area (Å²) in [7, 11) is 4.32. The molecule has 0 spiro atoms. The van der Waals surface area contributed by atoms with Crippen LogP contribution in [0.3, 0.4) is 0 Å². The van der Waals surface area contributed by atoms with Crippen LogP contribution in [0.1, 0.15) is 28.9 Å². The average molecular weight is 594 g/mol. The van der Waals surface area contributed by atoms with Crippen molar-refractivity contribution in [2.45, 2.75) is 13.0 Å². The first-order valence-electron chi connectivity index (χ1n) is 12.5. The summed E-state index contributed by atoms with van der Waals surface area (Å²) < 4.78 is 37.4. The van der Waals surface area contributed by atoms with Crippen LogP contribution in [0.15, 0.2) is 72.2 Å². The van der Waals surface area contributed by atoms with Gasteiger partial charge in [-0.3, -0.25) is 4.79 Å². The smallest absolute Gasteiger partial charge is 0.346 e. The fraction of sp³-hybridized carbons (Fsp3) is 0.172. The van der Waals surface area contributed by atoms with E-state index in [4.69, 9.17) is 30.5 Å². The lowest BCUT2D eigenvalue weighted by Crippen LogP contribution is -2.31. The van der Waals surface area contributed by atoms with Crippen molar-refractivity contribution in [3.63, 3.8) is 0 Å². The molecule has 0 unspecified atom stereocenters. The number of esters is 1. The van der Waals surface area contributed by atoms with Gasteiger partial charge in [-0.15, -0.1) is 0 Å². The van der Waals surface area contributed by atoms with Crippen LogP contribution in [-0.4, -0.2) is 48.0 Å². The Hall–Kier alpha value is -5.10. The molecule has 2 heterocycles. The number of aromatic nitrogens is 3. The van der Waals surface area contributed by atoms with Gasteiger partial charge >= 0.3 is 5.97 Å². The fourth-order valence-corrected chi connectivity index (χ4v) is 4.79. The second-order valence-electron chi connectivity index (χ2n) is 9.02. The normalized spacial score (nSPS) is 14.0. The first-order valence-corrected chi connectivity index (χ1v) is 12.9. The molecule has 1 aliphatic rings.